The second-order valence-corrected chi connectivity index (χ2v) is 62.7. The molecule has 4 unspecified atom stereocenters. The Balaban J connectivity index is 0.000000212. The number of benzene rings is 2. The summed E-state index contributed by atoms with van der Waals surface area (Å²) in [6, 6.07) is 13.3. The lowest BCUT2D eigenvalue weighted by atomic mass is 9.78. The smallest absolute Gasteiger partial charge is 0.297 e. The summed E-state index contributed by atoms with van der Waals surface area (Å²) in [7, 11) is -12.0. The van der Waals surface area contributed by atoms with Crippen LogP contribution in [0.25, 0.3) is 0 Å². The van der Waals surface area contributed by atoms with Crippen molar-refractivity contribution in [3.63, 3.8) is 0 Å². The highest BCUT2D eigenvalue weighted by Gasteiger charge is 2.71. The van der Waals surface area contributed by atoms with Crippen molar-refractivity contribution in [2.45, 2.75) is 494 Å². The van der Waals surface area contributed by atoms with Crippen LogP contribution in [0.15, 0.2) is 105 Å². The van der Waals surface area contributed by atoms with Crippen LogP contribution in [0.2, 0.25) is 36.3 Å². The lowest BCUT2D eigenvalue weighted by Gasteiger charge is -2.47. The first kappa shape index (κ1) is 111. The lowest BCUT2D eigenvalue weighted by molar-refractivity contribution is -0.292. The highest BCUT2D eigenvalue weighted by molar-refractivity contribution is 9.12. The maximum absolute atomic E-state index is 14.5. The van der Waals surface area contributed by atoms with Crippen molar-refractivity contribution in [1.29, 1.82) is 0 Å². The zero-order valence-electron chi connectivity index (χ0n) is 86.9. The maximum Gasteiger partial charge on any atom is 0.297 e. The molecule has 16 fully saturated rings. The number of rotatable bonds is 44. The normalized spacial score (nSPS) is 38.1. The first-order valence-corrected chi connectivity index (χ1v) is 63.2. The molecule has 0 aliphatic carbocycles. The quantitative estimate of drug-likeness (QED) is 0.0258. The fraction of sp³-hybridized carbons (Fsp3) is 0.789. The number of carbonyl (C=O) groups is 3. The molecular formula is C109H166Br2O25S2Si2. The van der Waals surface area contributed by atoms with Crippen LogP contribution in [0.5, 0.6) is 0 Å². The Bertz CT molecular complexity index is 4860. The minimum atomic E-state index is -4.06. The van der Waals surface area contributed by atoms with Gasteiger partial charge in [0.2, 0.25) is 0 Å². The molecule has 140 heavy (non-hydrogen) atoms. The maximum atomic E-state index is 14.5. The van der Waals surface area contributed by atoms with Crippen molar-refractivity contribution in [1.82, 2.24) is 0 Å². The fourth-order valence-corrected chi connectivity index (χ4v) is 29.4. The van der Waals surface area contributed by atoms with Gasteiger partial charge in [-0.3, -0.25) is 18.0 Å². The first-order chi connectivity index (χ1) is 65.9. The monoisotopic (exact) mass is 2150 g/mol. The molecule has 12 bridgehead atoms. The van der Waals surface area contributed by atoms with E-state index in [9.17, 15) is 31.2 Å². The van der Waals surface area contributed by atoms with Crippen molar-refractivity contribution in [2.75, 3.05) is 13.2 Å². The number of aldehydes is 1. The van der Waals surface area contributed by atoms with Crippen LogP contribution in [0, 0.1) is 61.2 Å². The predicted molar refractivity (Wildman–Crippen MR) is 547 cm³/mol. The number of aryl methyl sites for hydroxylation is 2. The van der Waals surface area contributed by atoms with Crippen LogP contribution in [0.3, 0.4) is 0 Å². The van der Waals surface area contributed by atoms with E-state index < -0.39 is 91.2 Å². The van der Waals surface area contributed by atoms with Crippen molar-refractivity contribution in [2.24, 2.45) is 47.3 Å². The van der Waals surface area contributed by atoms with Gasteiger partial charge in [-0.05, 0) is 219 Å². The summed E-state index contributed by atoms with van der Waals surface area (Å²) < 4.78 is 176. The zero-order valence-corrected chi connectivity index (χ0v) is 93.7. The van der Waals surface area contributed by atoms with Crippen LogP contribution in [0.1, 0.15) is 274 Å². The van der Waals surface area contributed by atoms with Gasteiger partial charge in [-0.15, -0.1) is 0 Å². The standard InChI is InChI=1S/C55H85BrO12SSi.C54H81BrO13SSi/c1-13-14-15-39-25-34(4)36(6)46(61-39)29-47-43(37(7)45(63-47)24-33(3)31-60-70(11,12)54(8,9)10)28-38(57)27-40-18-21-44-49(62-40)53-52-51(64-44)50-48(65-52)30-55(66-50,67-53)23-22-41(26-35(5)56)68-69(58,59)42-19-16-32(2)17-20-42;1-31-14-17-41(18-15-31)69(58,59)68-40(25-34(4)55)20-21-54-29-47-49(66-54)50-51(65-47)52(67-54)48-43(64-50)19-16-39(62-48)26-37(57)27-42-36(6)44(23-32(2)30-60-70(10,11)53(7,8)9)63-46(42)28-45-35(5)33(3)24-38(61-45)13-12-22-56/h16-17,19-20,33-34,37,39-41,43-53H,5-6,13-15,18,21-31H2,1-4,7-12H3;14-15,17-18,22,32-33,36,38-40,42-52H,4-5,12-13,16,19-21,23-30H2,1-3,6-11H3/t33-,34+,37+,39-,40+,41+,43?,44-,45+,46?,47-,48+,49-,50-,51-,52+,53-,55-;32-,33+,36+,38-,39+,40+,42?,43-,44+,45?,46-,47+,48-,49-,50-,51+,52-,54-/m00/s1. The molecule has 0 saturated carbocycles. The number of unbranched alkanes of at least 4 members (excludes halogenated alkanes) is 1. The molecular weight excluding hydrogens is 1990 g/mol. The fourth-order valence-electron chi connectivity index (χ4n) is 24.2. The number of hydrogen-bond acceptors (Lipinski definition) is 25. The van der Waals surface area contributed by atoms with E-state index >= 15 is 0 Å². The van der Waals surface area contributed by atoms with Gasteiger partial charge in [0.15, 0.2) is 28.2 Å². The number of hydrogen-bond donors (Lipinski definition) is 0. The van der Waals surface area contributed by atoms with Crippen LogP contribution in [-0.2, 0) is 118 Å². The Morgan fingerprint density at radius 3 is 1.24 bits per heavy atom. The summed E-state index contributed by atoms with van der Waals surface area (Å²) in [6.45, 7) is 60.7. The third-order valence-electron chi connectivity index (χ3n) is 34.6. The molecule has 0 amide bonds. The summed E-state index contributed by atoms with van der Waals surface area (Å²) in [4.78, 5) is 40.5. The van der Waals surface area contributed by atoms with Gasteiger partial charge >= 0.3 is 0 Å². The van der Waals surface area contributed by atoms with E-state index in [0.717, 1.165) is 79.9 Å². The van der Waals surface area contributed by atoms with E-state index in [-0.39, 0.29) is 202 Å². The molecule has 0 spiro atoms. The van der Waals surface area contributed by atoms with E-state index in [1.165, 1.54) is 0 Å². The molecule has 0 aromatic heterocycles. The summed E-state index contributed by atoms with van der Waals surface area (Å²) in [5, 5.41) is 0.254. The Hall–Kier alpha value is -3.02. The molecule has 25 nitrogen and oxygen atoms in total. The van der Waals surface area contributed by atoms with Crippen molar-refractivity contribution in [3.05, 3.63) is 106 Å². The second-order valence-electron chi connectivity index (χ2n) is 47.7. The van der Waals surface area contributed by atoms with E-state index in [4.69, 9.17) is 83.5 Å². The molecule has 0 radical (unpaired) electrons. The summed E-state index contributed by atoms with van der Waals surface area (Å²) in [5.74, 6) is -0.276. The zero-order chi connectivity index (χ0) is 101. The van der Waals surface area contributed by atoms with Gasteiger partial charge in [-0.2, -0.15) is 16.8 Å². The average Bonchev–Trinajstić information content (AvgIpc) is 1.55. The largest absolute Gasteiger partial charge is 0.417 e. The summed E-state index contributed by atoms with van der Waals surface area (Å²) in [5.41, 5.74) is 4.10. The highest BCUT2D eigenvalue weighted by Crippen LogP contribution is 2.58. The van der Waals surface area contributed by atoms with Crippen LogP contribution >= 0.6 is 31.9 Å². The molecule has 16 saturated heterocycles. The number of carbonyl (C=O) groups excluding carboxylic acids is 3. The number of ketones is 2. The molecule has 36 atom stereocenters. The molecule has 2 aromatic carbocycles. The Morgan fingerprint density at radius 1 is 0.493 bits per heavy atom. The topological polar surface area (TPSA) is 286 Å². The highest BCUT2D eigenvalue weighted by atomic mass is 79.9. The summed E-state index contributed by atoms with van der Waals surface area (Å²) in [6.07, 6.45) is 9.91. The molecule has 2 aromatic rings. The second kappa shape index (κ2) is 45.6. The van der Waals surface area contributed by atoms with Crippen molar-refractivity contribution >= 4 is 86.6 Å². The Kier molecular flexibility index (Phi) is 36.2. The molecule has 0 N–H and O–H groups in total. The number of fused-ring (bicyclic) bond motifs is 2. The van der Waals surface area contributed by atoms with Gasteiger partial charge in [-0.1, -0.05) is 196 Å². The molecule has 31 heteroatoms. The van der Waals surface area contributed by atoms with Crippen molar-refractivity contribution in [3.8, 4) is 0 Å². The molecule has 16 heterocycles. The van der Waals surface area contributed by atoms with Gasteiger partial charge in [0.05, 0.1) is 107 Å². The Morgan fingerprint density at radius 2 is 0.864 bits per heavy atom. The number of ether oxygens (including phenoxy) is 14. The van der Waals surface area contributed by atoms with Gasteiger partial charge in [0.1, 0.15) is 78.9 Å². The minimum Gasteiger partial charge on any atom is -0.417 e. The van der Waals surface area contributed by atoms with E-state index in [1.807, 2.05) is 13.8 Å². The van der Waals surface area contributed by atoms with Crippen LogP contribution < -0.4 is 0 Å². The minimum absolute atomic E-state index is 0.00569. The molecule has 16 aliphatic heterocycles. The van der Waals surface area contributed by atoms with Gasteiger partial charge in [0.25, 0.3) is 20.2 Å². The average molecular weight is 2160 g/mol. The molecule has 18 rings (SSSR count). The van der Waals surface area contributed by atoms with Crippen LogP contribution in [-0.4, -0.2) is 235 Å². The van der Waals surface area contributed by atoms with E-state index in [0.29, 0.717) is 137 Å². The predicted octanol–water partition coefficient (Wildman–Crippen LogP) is 21.7. The molecule has 16 aliphatic rings. The van der Waals surface area contributed by atoms with Gasteiger partial charge in [-0.25, -0.2) is 0 Å². The van der Waals surface area contributed by atoms with Gasteiger partial charge in [0, 0.05) is 96.7 Å². The van der Waals surface area contributed by atoms with Gasteiger partial charge < -0.3 is 80.0 Å². The SMILES string of the molecule is C=C(Br)C[C@@H](CC[C@@]12C[C@H]3O[C@H]4[C@@H](O1)[C@H]1O[C@@H](CC(=O)CC5[C@H](CC6O[C@@H](CCC=O)C[C@@H](C)C6=C)O[C@H](C[C@H](C)CO[Si](C)(C)C(C)(C)C)[C@@H]5C)CC[C@@H]1O[C@H]4[C@H]3O2)OS(=O)(=O)c1ccc(C)cc1.C=C(Br)C[C@@H](CC[C@@]12C[C@H]3O[C@H]4[C@@H](O1)[C@H]1O[C@@H](CC(=O)CC5[C@H](CC6O[C@@H](CCCC)C[C@@H](C)C6=C)O[C@H](C[C@H](C)CO[Si](C)(C)C(C)(C)C)[C@@H]5C)CC[C@@H]1O[C@H]4[C@H]3O2)OS(=O)(=O)c1ccc(C)cc1. The van der Waals surface area contributed by atoms with E-state index in [1.54, 1.807) is 48.5 Å². The van der Waals surface area contributed by atoms with Crippen LogP contribution in [0.4, 0.5) is 0 Å². The third kappa shape index (κ3) is 26.1. The number of Topliss-reactive ketones (excluding diaryl/α,β-unsaturated/α-hetero) is 2. The Labute approximate surface area is 855 Å². The van der Waals surface area contributed by atoms with E-state index in [2.05, 4.69) is 174 Å². The first-order valence-electron chi connectivity index (χ1n) is 52.9. The van der Waals surface area contributed by atoms with Crippen molar-refractivity contribution < 1.29 is 115 Å². The third-order valence-corrected chi connectivity index (χ3v) is 47.0. The number of halogens is 2. The summed E-state index contributed by atoms with van der Waals surface area (Å²) >= 11 is 6.88. The lowest BCUT2D eigenvalue weighted by Crippen LogP contribution is -2.61. The molecule has 786 valence electrons.